The number of aliphatic imine (C=N–C) groups is 1. The van der Waals surface area contributed by atoms with Crippen molar-refractivity contribution in [3.8, 4) is 5.75 Å². The van der Waals surface area contributed by atoms with Gasteiger partial charge in [-0.2, -0.15) is 4.99 Å². The zero-order valence-corrected chi connectivity index (χ0v) is 19.9. The molecule has 2 N–H and O–H groups in total. The van der Waals surface area contributed by atoms with Crippen LogP contribution in [0.1, 0.15) is 32.3 Å². The van der Waals surface area contributed by atoms with Crippen molar-refractivity contribution in [3.05, 3.63) is 58.1 Å². The van der Waals surface area contributed by atoms with Gasteiger partial charge in [0, 0.05) is 23.7 Å². The zero-order valence-electron chi connectivity index (χ0n) is 18.3. The van der Waals surface area contributed by atoms with Gasteiger partial charge < -0.3 is 15.4 Å². The summed E-state index contributed by atoms with van der Waals surface area (Å²) >= 11 is 12.4. The summed E-state index contributed by atoms with van der Waals surface area (Å²) in [4.78, 5) is 32.5. The number of urea groups is 1. The second-order valence-electron chi connectivity index (χ2n) is 8.12. The van der Waals surface area contributed by atoms with Crippen LogP contribution in [0, 0.1) is 0 Å². The van der Waals surface area contributed by atoms with Crippen molar-refractivity contribution in [3.63, 3.8) is 0 Å². The van der Waals surface area contributed by atoms with E-state index in [0.717, 1.165) is 12.0 Å². The Bertz CT molecular complexity index is 1070. The van der Waals surface area contributed by atoms with Crippen molar-refractivity contribution >= 4 is 46.8 Å². The molecule has 0 radical (unpaired) electrons. The van der Waals surface area contributed by atoms with Gasteiger partial charge in [-0.1, -0.05) is 35.3 Å². The second-order valence-corrected chi connectivity index (χ2v) is 8.97. The molecular formula is C23H25Cl2N5O3. The highest BCUT2D eigenvalue weighted by Crippen LogP contribution is 2.29. The fraction of sp³-hybridized carbons (Fsp3) is 0.348. The number of guanidine groups is 1. The molecule has 2 aromatic rings. The van der Waals surface area contributed by atoms with Crippen LogP contribution >= 0.6 is 23.2 Å². The first-order valence-electron chi connectivity index (χ1n) is 10.7. The lowest BCUT2D eigenvalue weighted by molar-refractivity contribution is -0.124. The predicted molar refractivity (Wildman–Crippen MR) is 129 cm³/mol. The molecule has 1 saturated heterocycles. The second kappa shape index (κ2) is 9.89. The molecule has 0 saturated carbocycles. The van der Waals surface area contributed by atoms with Crippen LogP contribution in [0.15, 0.2) is 47.5 Å². The average Bonchev–Trinajstić information content (AvgIpc) is 3.19. The molecule has 2 heterocycles. The first kappa shape index (κ1) is 23.2. The molecular weight excluding hydrogens is 465 g/mol. The fourth-order valence-corrected chi connectivity index (χ4v) is 4.02. The Morgan fingerprint density at radius 2 is 1.94 bits per heavy atom. The van der Waals surface area contributed by atoms with E-state index in [1.165, 1.54) is 4.90 Å². The number of carbonyl (C=O) groups excluding carboxylic acids is 2. The number of benzene rings is 2. The van der Waals surface area contributed by atoms with Crippen molar-refractivity contribution in [1.82, 2.24) is 15.1 Å². The lowest BCUT2D eigenvalue weighted by Gasteiger charge is -2.37. The maximum absolute atomic E-state index is 13.0. The van der Waals surface area contributed by atoms with E-state index in [1.54, 1.807) is 29.2 Å². The Hall–Kier alpha value is -2.97. The van der Waals surface area contributed by atoms with E-state index in [1.807, 2.05) is 32.0 Å². The van der Waals surface area contributed by atoms with Gasteiger partial charge in [-0.3, -0.25) is 14.6 Å². The standard InChI is InChI=1S/C23H25Cl2N5O3/c1-14(2)33-19-10-9-17(12-18(19)25)26-21-27-22(29-11-3-4-20(29)31)28-23(32)30(21)13-15-5-7-16(24)8-6-15/h5-10,12,14,21,26H,3-4,11,13H2,1-2H3,(H,27,28,32). The molecule has 2 aliphatic rings. The zero-order chi connectivity index (χ0) is 23.5. The SMILES string of the molecule is CC(C)Oc1ccc(NC2NC(N3CCCC3=O)=NC(=O)N2Cc2ccc(Cl)cc2)cc1Cl. The molecule has 2 aliphatic heterocycles. The van der Waals surface area contributed by atoms with Gasteiger partial charge in [-0.05, 0) is 56.2 Å². The fourth-order valence-electron chi connectivity index (χ4n) is 3.67. The van der Waals surface area contributed by atoms with Crippen molar-refractivity contribution in [2.45, 2.75) is 45.6 Å². The minimum Gasteiger partial charge on any atom is -0.489 e. The van der Waals surface area contributed by atoms with Crippen LogP contribution in [0.3, 0.4) is 0 Å². The van der Waals surface area contributed by atoms with Gasteiger partial charge in [0.25, 0.3) is 0 Å². The number of ether oxygens (including phenoxy) is 1. The summed E-state index contributed by atoms with van der Waals surface area (Å²) in [6.45, 7) is 4.66. The van der Waals surface area contributed by atoms with E-state index < -0.39 is 12.3 Å². The van der Waals surface area contributed by atoms with E-state index in [-0.39, 0.29) is 24.5 Å². The predicted octanol–water partition coefficient (Wildman–Crippen LogP) is 4.68. The maximum atomic E-state index is 13.0. The number of anilines is 1. The molecule has 0 aliphatic carbocycles. The molecule has 10 heteroatoms. The van der Waals surface area contributed by atoms with Crippen LogP contribution in [0.5, 0.6) is 5.75 Å². The molecule has 2 aromatic carbocycles. The first-order valence-corrected chi connectivity index (χ1v) is 11.5. The van der Waals surface area contributed by atoms with Crippen LogP contribution < -0.4 is 15.4 Å². The van der Waals surface area contributed by atoms with Crippen LogP contribution in [-0.2, 0) is 11.3 Å². The van der Waals surface area contributed by atoms with Crippen molar-refractivity contribution < 1.29 is 14.3 Å². The van der Waals surface area contributed by atoms with Gasteiger partial charge in [0.05, 0.1) is 17.7 Å². The summed E-state index contributed by atoms with van der Waals surface area (Å²) in [5.41, 5.74) is 1.56. The number of hydrogen-bond acceptors (Lipinski definition) is 5. The van der Waals surface area contributed by atoms with E-state index in [0.29, 0.717) is 34.4 Å². The minimum atomic E-state index is -0.665. The summed E-state index contributed by atoms with van der Waals surface area (Å²) in [5, 5.41) is 7.55. The third-order valence-corrected chi connectivity index (χ3v) is 5.77. The van der Waals surface area contributed by atoms with E-state index in [2.05, 4.69) is 15.6 Å². The van der Waals surface area contributed by atoms with Crippen molar-refractivity contribution in [2.24, 2.45) is 4.99 Å². The van der Waals surface area contributed by atoms with Gasteiger partial charge >= 0.3 is 6.03 Å². The summed E-state index contributed by atoms with van der Waals surface area (Å²) in [6, 6.07) is 12.1. The summed E-state index contributed by atoms with van der Waals surface area (Å²) in [6.07, 6.45) is 0.495. The molecule has 3 amide bonds. The highest BCUT2D eigenvalue weighted by molar-refractivity contribution is 6.32. The molecule has 0 aromatic heterocycles. The molecule has 1 unspecified atom stereocenters. The number of nitrogens with one attached hydrogen (secondary N) is 2. The smallest absolute Gasteiger partial charge is 0.350 e. The lowest BCUT2D eigenvalue weighted by Crippen LogP contribution is -2.61. The maximum Gasteiger partial charge on any atom is 0.350 e. The summed E-state index contributed by atoms with van der Waals surface area (Å²) in [7, 11) is 0. The molecule has 33 heavy (non-hydrogen) atoms. The van der Waals surface area contributed by atoms with E-state index >= 15 is 0 Å². The van der Waals surface area contributed by atoms with Gasteiger partial charge in [0.1, 0.15) is 5.75 Å². The van der Waals surface area contributed by atoms with E-state index in [4.69, 9.17) is 27.9 Å². The topological polar surface area (TPSA) is 86.3 Å². The number of rotatable bonds is 6. The third-order valence-electron chi connectivity index (χ3n) is 5.22. The Morgan fingerprint density at radius 3 is 2.58 bits per heavy atom. The normalized spacial score (nSPS) is 18.5. The number of likely N-dealkylation sites (tertiary alicyclic amines) is 1. The molecule has 174 valence electrons. The van der Waals surface area contributed by atoms with Crippen molar-refractivity contribution in [2.75, 3.05) is 11.9 Å². The lowest BCUT2D eigenvalue weighted by atomic mass is 10.2. The molecule has 1 atom stereocenters. The quantitative estimate of drug-likeness (QED) is 0.614. The van der Waals surface area contributed by atoms with Crippen LogP contribution in [-0.4, -0.2) is 46.6 Å². The Labute approximate surface area is 202 Å². The molecule has 1 fully saturated rings. The first-order chi connectivity index (χ1) is 15.8. The number of hydrogen-bond donors (Lipinski definition) is 2. The summed E-state index contributed by atoms with van der Waals surface area (Å²) in [5.74, 6) is 0.767. The molecule has 0 bridgehead atoms. The Balaban J connectivity index is 1.60. The largest absolute Gasteiger partial charge is 0.489 e. The molecule has 8 nitrogen and oxygen atoms in total. The highest BCUT2D eigenvalue weighted by atomic mass is 35.5. The number of amides is 3. The summed E-state index contributed by atoms with van der Waals surface area (Å²) < 4.78 is 5.70. The minimum absolute atomic E-state index is 0.00872. The Morgan fingerprint density at radius 1 is 1.18 bits per heavy atom. The molecule has 4 rings (SSSR count). The van der Waals surface area contributed by atoms with Crippen LogP contribution in [0.25, 0.3) is 0 Å². The van der Waals surface area contributed by atoms with Crippen LogP contribution in [0.2, 0.25) is 10.0 Å². The van der Waals surface area contributed by atoms with Gasteiger partial charge in [0.2, 0.25) is 11.9 Å². The Kier molecular flexibility index (Phi) is 6.95. The van der Waals surface area contributed by atoms with Gasteiger partial charge in [0.15, 0.2) is 6.29 Å². The average molecular weight is 490 g/mol. The van der Waals surface area contributed by atoms with Crippen LogP contribution in [0.4, 0.5) is 10.5 Å². The number of halogens is 2. The third kappa shape index (κ3) is 5.51. The van der Waals surface area contributed by atoms with E-state index in [9.17, 15) is 9.59 Å². The van der Waals surface area contributed by atoms with Gasteiger partial charge in [-0.15, -0.1) is 0 Å². The monoisotopic (exact) mass is 489 g/mol. The van der Waals surface area contributed by atoms with Gasteiger partial charge in [-0.25, -0.2) is 4.79 Å². The van der Waals surface area contributed by atoms with Crippen molar-refractivity contribution in [1.29, 1.82) is 0 Å². The highest BCUT2D eigenvalue weighted by Gasteiger charge is 2.35. The molecule has 0 spiro atoms. The number of nitrogens with zero attached hydrogens (tertiary/aromatic N) is 3. The number of carbonyl (C=O) groups is 2.